The molecule has 9 nitrogen and oxygen atoms in total. The van der Waals surface area contributed by atoms with Gasteiger partial charge in [0.2, 0.25) is 0 Å². The van der Waals surface area contributed by atoms with Crippen LogP contribution in [-0.4, -0.2) is 177 Å². The van der Waals surface area contributed by atoms with Gasteiger partial charge in [-0.1, -0.05) is 0 Å². The summed E-state index contributed by atoms with van der Waals surface area (Å²) < 4.78 is 25.6. The first-order chi connectivity index (χ1) is 5.20. The molecule has 0 aliphatic rings. The Labute approximate surface area is 220 Å². The predicted molar refractivity (Wildman–Crippen MR) is 58.3 cm³/mol. The molecule has 0 aliphatic carbocycles. The van der Waals surface area contributed by atoms with Crippen LogP contribution in [0.4, 0.5) is 0 Å². The van der Waals surface area contributed by atoms with Crippen molar-refractivity contribution in [2.24, 2.45) is 0 Å². The summed E-state index contributed by atoms with van der Waals surface area (Å²) in [5, 5.41) is 0. The van der Waals surface area contributed by atoms with Gasteiger partial charge in [0.15, 0.2) is 0 Å². The molecule has 0 fully saturated rings. The summed E-state index contributed by atoms with van der Waals surface area (Å²) in [4.78, 5) is 51.1. The van der Waals surface area contributed by atoms with E-state index in [1.807, 2.05) is 0 Å². The molecule has 0 heterocycles. The van der Waals surface area contributed by atoms with E-state index in [1.54, 1.807) is 0 Å². The van der Waals surface area contributed by atoms with Gasteiger partial charge in [-0.15, -0.1) is 0 Å². The maximum atomic E-state index is 8.52. The predicted octanol–water partition coefficient (Wildman–Crippen LogP) is -10.5. The van der Waals surface area contributed by atoms with Crippen molar-refractivity contribution in [1.29, 1.82) is 0 Å². The Bertz CT molecular complexity index is 148. The maximum absolute atomic E-state index is 8.52. The molecule has 0 unspecified atom stereocenters. The molecule has 18 heavy (non-hydrogen) atoms. The minimum Gasteiger partial charge on any atom is -1.00 e. The first-order valence-electron chi connectivity index (χ1n) is 1.84. The Balaban J connectivity index is -0.00000000409. The van der Waals surface area contributed by atoms with Crippen LogP contribution in [0.25, 0.3) is 0 Å². The second-order valence-electron chi connectivity index (χ2n) is 0.750. The zero-order valence-electron chi connectivity index (χ0n) is 12.9. The number of hydrogen-bond acceptors (Lipinski definition) is 9. The molecule has 0 saturated carbocycles. The molecule has 0 aromatic heterocycles. The SMILES string of the molecule is O=[Si]([O-])[O-].O=[Si]([O-])[O-].O=[Si]([O-])[O-].[Al+3].[Al+3].[B].[B].[Ba+2].[Ba+2].[H-].[H-].[H-].[H-]. The van der Waals surface area contributed by atoms with E-state index in [4.69, 9.17) is 42.2 Å². The van der Waals surface area contributed by atoms with Crippen molar-refractivity contribution < 1.29 is 47.9 Å². The molecule has 0 rings (SSSR count). The summed E-state index contributed by atoms with van der Waals surface area (Å²) in [6.07, 6.45) is 0. The number of hydrogen-bond donors (Lipinski definition) is 0. The second-order valence-corrected chi connectivity index (χ2v) is 2.25. The van der Waals surface area contributed by atoms with Gasteiger partial charge in [0.05, 0.1) is 0 Å². The van der Waals surface area contributed by atoms with E-state index in [2.05, 4.69) is 0 Å². The van der Waals surface area contributed by atoms with Crippen LogP contribution in [0.5, 0.6) is 0 Å². The summed E-state index contributed by atoms with van der Waals surface area (Å²) in [5.41, 5.74) is 0. The molecule has 6 radical (unpaired) electrons. The van der Waals surface area contributed by atoms with E-state index in [9.17, 15) is 0 Å². The topological polar surface area (TPSA) is 190 Å². The fourth-order valence-corrected chi connectivity index (χ4v) is 0. The third-order valence-corrected chi connectivity index (χ3v) is 0. The minimum absolute atomic E-state index is 0. The minimum atomic E-state index is -3.63. The van der Waals surface area contributed by atoms with Crippen molar-refractivity contribution in [2.75, 3.05) is 0 Å². The van der Waals surface area contributed by atoms with Crippen molar-refractivity contribution in [3.63, 3.8) is 0 Å². The van der Waals surface area contributed by atoms with Gasteiger partial charge in [-0.05, 0) is 0 Å². The molecule has 0 aromatic rings. The molecule has 0 aliphatic heterocycles. The summed E-state index contributed by atoms with van der Waals surface area (Å²) in [6.45, 7) is 0. The Morgan fingerprint density at radius 3 is 0.556 bits per heavy atom. The Morgan fingerprint density at radius 1 is 0.556 bits per heavy atom. The van der Waals surface area contributed by atoms with E-state index in [0.29, 0.717) is 0 Å². The molecule has 0 N–H and O–H groups in total. The van der Waals surface area contributed by atoms with Crippen LogP contribution in [0.1, 0.15) is 5.71 Å². The number of rotatable bonds is 0. The largest absolute Gasteiger partial charge is 3.00 e. The normalized spacial score (nSPS) is 4.00. The van der Waals surface area contributed by atoms with Crippen LogP contribution < -0.4 is 28.8 Å². The van der Waals surface area contributed by atoms with Crippen LogP contribution in [0.3, 0.4) is 0 Å². The van der Waals surface area contributed by atoms with Crippen molar-refractivity contribution in [3.8, 4) is 0 Å². The van der Waals surface area contributed by atoms with Crippen LogP contribution in [0.15, 0.2) is 0 Å². The molecule has 0 spiro atoms. The van der Waals surface area contributed by atoms with Crippen LogP contribution >= 0.6 is 0 Å². The Kier molecular flexibility index (Phi) is 162. The van der Waals surface area contributed by atoms with E-state index in [1.165, 1.54) is 0 Å². The molecular formula is H4Al2B2Ba2O9Si3. The van der Waals surface area contributed by atoms with Gasteiger partial charge < -0.3 is 47.9 Å². The summed E-state index contributed by atoms with van der Waals surface area (Å²) >= 11 is 0. The van der Waals surface area contributed by atoms with Crippen LogP contribution in [0, 0.1) is 0 Å². The van der Waals surface area contributed by atoms with Crippen molar-refractivity contribution in [2.45, 2.75) is 0 Å². The van der Waals surface area contributed by atoms with E-state index in [0.717, 1.165) is 0 Å². The van der Waals surface area contributed by atoms with Gasteiger partial charge in [0, 0.05) is 44.3 Å². The van der Waals surface area contributed by atoms with Gasteiger partial charge in [-0.25, -0.2) is 0 Å². The van der Waals surface area contributed by atoms with Crippen LogP contribution in [0.2, 0.25) is 0 Å². The Hall–Kier alpha value is 3.19. The zero-order chi connectivity index (χ0) is 10.7. The van der Waals surface area contributed by atoms with Gasteiger partial charge in [0.1, 0.15) is 0 Å². The monoisotopic (exact) mass is 584 g/mol. The molecule has 0 atom stereocenters. The zero-order valence-corrected chi connectivity index (χ0v) is 23.1. The van der Waals surface area contributed by atoms with Crippen molar-refractivity contribution >= 4 is 177 Å². The standard InChI is InChI=1S/2Al.2B.2Ba.3O3Si.4H/c;;;;;;3*1-4(2)3;;;;/q2*+3;;;2*+2;3*-2;4*-1. The summed E-state index contributed by atoms with van der Waals surface area (Å²) in [7, 11) is -10.9. The average molecular weight is 583 g/mol. The third kappa shape index (κ3) is 624. The fourth-order valence-electron chi connectivity index (χ4n) is 0. The molecule has 86 valence electrons. The van der Waals surface area contributed by atoms with Crippen LogP contribution in [-0.2, 0) is 13.4 Å². The van der Waals surface area contributed by atoms with Crippen molar-refractivity contribution in [1.82, 2.24) is 0 Å². The molecule has 0 bridgehead atoms. The molecule has 0 aromatic carbocycles. The summed E-state index contributed by atoms with van der Waals surface area (Å²) in [5.74, 6) is 0. The quantitative estimate of drug-likeness (QED) is 0.250. The maximum Gasteiger partial charge on any atom is 3.00 e. The Morgan fingerprint density at radius 2 is 0.556 bits per heavy atom. The van der Waals surface area contributed by atoms with E-state index < -0.39 is 27.5 Å². The van der Waals surface area contributed by atoms with E-state index in [-0.39, 0.29) is 155 Å². The van der Waals surface area contributed by atoms with Gasteiger partial charge in [-0.2, -0.15) is 0 Å². The first kappa shape index (κ1) is 58.1. The van der Waals surface area contributed by atoms with Gasteiger partial charge >= 0.3 is 132 Å². The van der Waals surface area contributed by atoms with Gasteiger partial charge in [0.25, 0.3) is 0 Å². The summed E-state index contributed by atoms with van der Waals surface area (Å²) in [6, 6.07) is 0. The second kappa shape index (κ2) is 50.0. The van der Waals surface area contributed by atoms with Gasteiger partial charge in [-0.3, -0.25) is 0 Å². The smallest absolute Gasteiger partial charge is 1.00 e. The fraction of sp³-hybridized carbons (Fsp3) is 0. The van der Waals surface area contributed by atoms with Crippen molar-refractivity contribution in [3.05, 3.63) is 0 Å². The third-order valence-electron chi connectivity index (χ3n) is 0. The average Bonchev–Trinajstić information content (AvgIpc) is 1.54. The molecular weight excluding hydrogens is 578 g/mol. The first-order valence-corrected chi connectivity index (χ1v) is 5.51. The molecule has 18 heteroatoms. The molecule has 0 amide bonds. The van der Waals surface area contributed by atoms with E-state index >= 15 is 0 Å². The molecule has 0 saturated heterocycles.